The lowest BCUT2D eigenvalue weighted by Crippen LogP contribution is -2.24. The van der Waals surface area contributed by atoms with Gasteiger partial charge in [-0.1, -0.05) is 18.2 Å². The Hall–Kier alpha value is -3.19. The normalized spacial score (nSPS) is 17.0. The summed E-state index contributed by atoms with van der Waals surface area (Å²) in [4.78, 5) is 22.7. The summed E-state index contributed by atoms with van der Waals surface area (Å²) >= 11 is 0. The number of aromatic carboxylic acids is 1. The molecule has 0 radical (unpaired) electrons. The van der Waals surface area contributed by atoms with Crippen LogP contribution in [-0.2, 0) is 6.54 Å². The van der Waals surface area contributed by atoms with Gasteiger partial charge in [0.05, 0.1) is 23.8 Å². The monoisotopic (exact) mass is 378 g/mol. The Morgan fingerprint density at radius 1 is 1.25 bits per heavy atom. The van der Waals surface area contributed by atoms with Gasteiger partial charge in [0.2, 0.25) is 0 Å². The number of hydrogen-bond acceptors (Lipinski definition) is 6. The van der Waals surface area contributed by atoms with E-state index in [-0.39, 0.29) is 11.6 Å². The third-order valence-corrected chi connectivity index (χ3v) is 5.09. The fourth-order valence-electron chi connectivity index (χ4n) is 3.80. The molecule has 0 amide bonds. The summed E-state index contributed by atoms with van der Waals surface area (Å²) in [5.41, 5.74) is 1.77. The molecule has 7 nitrogen and oxygen atoms in total. The number of rotatable bonds is 6. The van der Waals surface area contributed by atoms with Crippen molar-refractivity contribution < 1.29 is 14.3 Å². The summed E-state index contributed by atoms with van der Waals surface area (Å²) in [7, 11) is 1.85. The van der Waals surface area contributed by atoms with Crippen LogP contribution < -0.4 is 5.32 Å². The van der Waals surface area contributed by atoms with Crippen LogP contribution in [0.3, 0.4) is 0 Å². The van der Waals surface area contributed by atoms with Crippen molar-refractivity contribution in [1.82, 2.24) is 14.9 Å². The van der Waals surface area contributed by atoms with Gasteiger partial charge >= 0.3 is 5.97 Å². The van der Waals surface area contributed by atoms with Crippen LogP contribution in [0.4, 0.5) is 5.82 Å². The molecule has 1 atom stereocenters. The number of hydrogen-bond donors (Lipinski definition) is 2. The van der Waals surface area contributed by atoms with Gasteiger partial charge in [0.25, 0.3) is 0 Å². The van der Waals surface area contributed by atoms with Crippen LogP contribution in [-0.4, -0.2) is 39.5 Å². The van der Waals surface area contributed by atoms with E-state index in [0.717, 1.165) is 36.7 Å². The zero-order chi connectivity index (χ0) is 19.5. The van der Waals surface area contributed by atoms with Gasteiger partial charge in [0.15, 0.2) is 0 Å². The number of benzene rings is 1. The van der Waals surface area contributed by atoms with Crippen molar-refractivity contribution in [3.05, 3.63) is 65.8 Å². The maximum absolute atomic E-state index is 11.5. The minimum atomic E-state index is -0.963. The molecule has 144 valence electrons. The van der Waals surface area contributed by atoms with Gasteiger partial charge in [-0.05, 0) is 37.6 Å². The summed E-state index contributed by atoms with van der Waals surface area (Å²) in [6, 6.07) is 10.8. The molecule has 1 aromatic carbocycles. The minimum Gasteiger partial charge on any atom is -0.478 e. The summed E-state index contributed by atoms with van der Waals surface area (Å²) in [6.45, 7) is 1.59. The molecular formula is C21H22N4O3. The van der Waals surface area contributed by atoms with Gasteiger partial charge in [-0.25, -0.2) is 9.78 Å². The Balaban J connectivity index is 1.56. The van der Waals surface area contributed by atoms with E-state index in [1.54, 1.807) is 30.6 Å². The molecule has 0 aliphatic carbocycles. The second-order valence-electron chi connectivity index (χ2n) is 6.79. The molecule has 0 spiro atoms. The topological polar surface area (TPSA) is 91.5 Å². The molecule has 0 unspecified atom stereocenters. The largest absolute Gasteiger partial charge is 0.478 e. The van der Waals surface area contributed by atoms with E-state index in [4.69, 9.17) is 4.42 Å². The van der Waals surface area contributed by atoms with Gasteiger partial charge in [-0.2, -0.15) is 0 Å². The lowest BCUT2D eigenvalue weighted by molar-refractivity contribution is 0.0697. The van der Waals surface area contributed by atoms with Crippen LogP contribution in [0.1, 0.15) is 40.7 Å². The van der Waals surface area contributed by atoms with Crippen LogP contribution in [0.2, 0.25) is 0 Å². The van der Waals surface area contributed by atoms with Crippen molar-refractivity contribution in [2.45, 2.75) is 25.4 Å². The van der Waals surface area contributed by atoms with Crippen LogP contribution in [0.25, 0.3) is 11.3 Å². The second kappa shape index (κ2) is 7.82. The Kier molecular flexibility index (Phi) is 5.08. The quantitative estimate of drug-likeness (QED) is 0.674. The number of furan rings is 1. The van der Waals surface area contributed by atoms with Gasteiger partial charge < -0.3 is 14.8 Å². The molecule has 7 heteroatoms. The van der Waals surface area contributed by atoms with E-state index in [0.29, 0.717) is 17.9 Å². The maximum atomic E-state index is 11.5. The predicted molar refractivity (Wildman–Crippen MR) is 105 cm³/mol. The van der Waals surface area contributed by atoms with Crippen molar-refractivity contribution >= 4 is 11.8 Å². The van der Waals surface area contributed by atoms with E-state index in [9.17, 15) is 9.90 Å². The molecule has 2 N–H and O–H groups in total. The van der Waals surface area contributed by atoms with Gasteiger partial charge in [-0.3, -0.25) is 9.88 Å². The highest BCUT2D eigenvalue weighted by Crippen LogP contribution is 2.35. The molecule has 1 aliphatic rings. The lowest BCUT2D eigenvalue weighted by atomic mass is 10.1. The van der Waals surface area contributed by atoms with Crippen LogP contribution in [0.15, 0.2) is 53.2 Å². The Morgan fingerprint density at radius 3 is 2.89 bits per heavy atom. The molecule has 4 rings (SSSR count). The smallest absolute Gasteiger partial charge is 0.336 e. The molecule has 2 aromatic heterocycles. The van der Waals surface area contributed by atoms with Crippen molar-refractivity contribution in [3.8, 4) is 11.3 Å². The van der Waals surface area contributed by atoms with Gasteiger partial charge in [-0.15, -0.1) is 0 Å². The molecule has 3 heterocycles. The predicted octanol–water partition coefficient (Wildman–Crippen LogP) is 3.81. The molecule has 1 fully saturated rings. The molecule has 1 aliphatic heterocycles. The van der Waals surface area contributed by atoms with Crippen molar-refractivity contribution in [2.24, 2.45) is 0 Å². The van der Waals surface area contributed by atoms with E-state index in [1.165, 1.54) is 0 Å². The zero-order valence-corrected chi connectivity index (χ0v) is 15.6. The highest BCUT2D eigenvalue weighted by Gasteiger charge is 2.30. The number of nitrogens with one attached hydrogen (secondary N) is 1. The van der Waals surface area contributed by atoms with Gasteiger partial charge in [0, 0.05) is 25.0 Å². The first-order valence-corrected chi connectivity index (χ1v) is 9.31. The molecule has 0 bridgehead atoms. The second-order valence-corrected chi connectivity index (χ2v) is 6.79. The lowest BCUT2D eigenvalue weighted by Gasteiger charge is -2.24. The first-order valence-electron chi connectivity index (χ1n) is 9.31. The fraction of sp³-hybridized carbons (Fsp3) is 0.286. The number of carbonyl (C=O) groups is 1. The van der Waals surface area contributed by atoms with E-state index < -0.39 is 5.97 Å². The number of carboxylic acids is 1. The molecule has 0 saturated carbocycles. The standard InChI is InChI=1S/C21H22N4O3/c1-22-20-19(23-10-11-24-20)17-7-4-12-25(17)13-14-8-9-18(28-14)15-5-2-3-6-16(15)21(26)27/h2-3,5-6,8-11,17H,4,7,12-13H2,1H3,(H,22,24)(H,26,27)/t17-/m0/s1. The number of nitrogens with zero attached hydrogens (tertiary/aromatic N) is 3. The van der Waals surface area contributed by atoms with Crippen LogP contribution in [0.5, 0.6) is 0 Å². The number of carboxylic acid groups (broad SMARTS) is 1. The average Bonchev–Trinajstić information content (AvgIpc) is 3.38. The van der Waals surface area contributed by atoms with E-state index >= 15 is 0 Å². The minimum absolute atomic E-state index is 0.177. The first kappa shape index (κ1) is 18.2. The highest BCUT2D eigenvalue weighted by atomic mass is 16.4. The first-order chi connectivity index (χ1) is 13.7. The fourth-order valence-corrected chi connectivity index (χ4v) is 3.80. The average molecular weight is 378 g/mol. The number of anilines is 1. The van der Waals surface area contributed by atoms with Crippen molar-refractivity contribution in [1.29, 1.82) is 0 Å². The third kappa shape index (κ3) is 3.48. The van der Waals surface area contributed by atoms with Crippen LogP contribution >= 0.6 is 0 Å². The number of likely N-dealkylation sites (tertiary alicyclic amines) is 1. The summed E-state index contributed by atoms with van der Waals surface area (Å²) in [5.74, 6) is 1.21. The molecule has 1 saturated heterocycles. The van der Waals surface area contributed by atoms with Gasteiger partial charge in [0.1, 0.15) is 17.3 Å². The molecule has 3 aromatic rings. The van der Waals surface area contributed by atoms with Crippen LogP contribution in [0, 0.1) is 0 Å². The Bertz CT molecular complexity index is 985. The number of aromatic nitrogens is 2. The van der Waals surface area contributed by atoms with Crippen molar-refractivity contribution in [2.75, 3.05) is 18.9 Å². The Labute approximate surface area is 163 Å². The Morgan fingerprint density at radius 2 is 2.07 bits per heavy atom. The van der Waals surface area contributed by atoms with Crippen molar-refractivity contribution in [3.63, 3.8) is 0 Å². The summed E-state index contributed by atoms with van der Waals surface area (Å²) in [6.07, 6.45) is 5.51. The zero-order valence-electron chi connectivity index (χ0n) is 15.6. The molecule has 28 heavy (non-hydrogen) atoms. The maximum Gasteiger partial charge on any atom is 0.336 e. The highest BCUT2D eigenvalue weighted by molar-refractivity contribution is 5.95. The van der Waals surface area contributed by atoms with E-state index in [2.05, 4.69) is 20.2 Å². The summed E-state index contributed by atoms with van der Waals surface area (Å²) in [5, 5.41) is 12.5. The van der Waals surface area contributed by atoms with E-state index in [1.807, 2.05) is 25.2 Å². The molecular weight excluding hydrogens is 356 g/mol. The third-order valence-electron chi connectivity index (χ3n) is 5.09. The summed E-state index contributed by atoms with van der Waals surface area (Å²) < 4.78 is 6.01. The SMILES string of the molecule is CNc1nccnc1[C@@H]1CCCN1Cc1ccc(-c2ccccc2C(=O)O)o1.